The summed E-state index contributed by atoms with van der Waals surface area (Å²) in [6.07, 6.45) is 0. The molecule has 2 aromatic carbocycles. The summed E-state index contributed by atoms with van der Waals surface area (Å²) in [6, 6.07) is 15.4. The third-order valence-electron chi connectivity index (χ3n) is 3.80. The smallest absolute Gasteiger partial charge is 0.209 e. The average Bonchev–Trinajstić information content (AvgIpc) is 2.83. The van der Waals surface area contributed by atoms with Gasteiger partial charge in [-0.1, -0.05) is 29.8 Å². The van der Waals surface area contributed by atoms with E-state index in [9.17, 15) is 4.79 Å². The van der Waals surface area contributed by atoms with Gasteiger partial charge in [0.05, 0.1) is 12.8 Å². The SMILES string of the molecule is COc1ccc2c(c1)cc(C(=O)c1ccc(C)cc1)n2C. The number of aryl methyl sites for hydroxylation is 2. The number of aromatic nitrogens is 1. The average molecular weight is 279 g/mol. The number of hydrogen-bond acceptors (Lipinski definition) is 2. The van der Waals surface area contributed by atoms with Crippen molar-refractivity contribution in [2.75, 3.05) is 7.11 Å². The molecule has 0 saturated heterocycles. The zero-order valence-corrected chi connectivity index (χ0v) is 12.4. The van der Waals surface area contributed by atoms with Gasteiger partial charge in [0, 0.05) is 23.5 Å². The molecule has 3 aromatic rings. The van der Waals surface area contributed by atoms with Gasteiger partial charge in [-0.3, -0.25) is 4.79 Å². The van der Waals surface area contributed by atoms with E-state index in [1.165, 1.54) is 0 Å². The number of ether oxygens (including phenoxy) is 1. The van der Waals surface area contributed by atoms with Crippen molar-refractivity contribution in [2.45, 2.75) is 6.92 Å². The minimum absolute atomic E-state index is 0.0349. The Hall–Kier alpha value is -2.55. The topological polar surface area (TPSA) is 31.2 Å². The molecule has 0 unspecified atom stereocenters. The first kappa shape index (κ1) is 13.4. The lowest BCUT2D eigenvalue weighted by molar-refractivity contribution is 0.103. The summed E-state index contributed by atoms with van der Waals surface area (Å²) in [5.74, 6) is 0.829. The lowest BCUT2D eigenvalue weighted by atomic mass is 10.1. The molecule has 0 radical (unpaired) electrons. The van der Waals surface area contributed by atoms with Crippen LogP contribution >= 0.6 is 0 Å². The molecule has 0 aliphatic rings. The lowest BCUT2D eigenvalue weighted by Crippen LogP contribution is -2.07. The van der Waals surface area contributed by atoms with Crippen molar-refractivity contribution in [3.63, 3.8) is 0 Å². The number of methoxy groups -OCH3 is 1. The van der Waals surface area contributed by atoms with Crippen LogP contribution in [-0.4, -0.2) is 17.5 Å². The van der Waals surface area contributed by atoms with Crippen molar-refractivity contribution in [3.05, 3.63) is 65.4 Å². The Kier molecular flexibility index (Phi) is 3.26. The van der Waals surface area contributed by atoms with Gasteiger partial charge >= 0.3 is 0 Å². The molecule has 0 amide bonds. The molecule has 0 atom stereocenters. The van der Waals surface area contributed by atoms with Gasteiger partial charge in [0.15, 0.2) is 0 Å². The number of carbonyl (C=O) groups is 1. The van der Waals surface area contributed by atoms with Gasteiger partial charge in [-0.25, -0.2) is 0 Å². The number of benzene rings is 2. The molecule has 3 nitrogen and oxygen atoms in total. The Morgan fingerprint density at radius 3 is 2.43 bits per heavy atom. The quantitative estimate of drug-likeness (QED) is 0.684. The highest BCUT2D eigenvalue weighted by Crippen LogP contribution is 2.25. The predicted octanol–water partition coefficient (Wildman–Crippen LogP) is 3.73. The van der Waals surface area contributed by atoms with Crippen LogP contribution in [0.5, 0.6) is 5.75 Å². The summed E-state index contributed by atoms with van der Waals surface area (Å²) < 4.78 is 7.16. The highest BCUT2D eigenvalue weighted by Gasteiger charge is 2.15. The maximum Gasteiger partial charge on any atom is 0.209 e. The van der Waals surface area contributed by atoms with E-state index >= 15 is 0 Å². The summed E-state index contributed by atoms with van der Waals surface area (Å²) in [5.41, 5.74) is 3.56. The number of fused-ring (bicyclic) bond motifs is 1. The fourth-order valence-corrected chi connectivity index (χ4v) is 2.53. The van der Waals surface area contributed by atoms with Gasteiger partial charge in [-0.05, 0) is 31.2 Å². The third-order valence-corrected chi connectivity index (χ3v) is 3.80. The molecule has 0 saturated carbocycles. The van der Waals surface area contributed by atoms with Crippen LogP contribution in [0.1, 0.15) is 21.6 Å². The Bertz CT molecular complexity index is 813. The maximum absolute atomic E-state index is 12.7. The first-order valence-corrected chi connectivity index (χ1v) is 6.85. The van der Waals surface area contributed by atoms with Gasteiger partial charge in [0.2, 0.25) is 5.78 Å². The standard InChI is InChI=1S/C18H17NO2/c1-12-4-6-13(7-5-12)18(20)17-11-14-10-15(21-3)8-9-16(14)19(17)2/h4-11H,1-3H3. The van der Waals surface area contributed by atoms with Crippen LogP contribution in [0.3, 0.4) is 0 Å². The van der Waals surface area contributed by atoms with E-state index in [0.717, 1.165) is 22.2 Å². The fraction of sp³-hybridized carbons (Fsp3) is 0.167. The number of nitrogens with zero attached hydrogens (tertiary/aromatic N) is 1. The number of ketones is 1. The molecular formula is C18H17NO2. The molecule has 0 aliphatic carbocycles. The van der Waals surface area contributed by atoms with Crippen LogP contribution in [0.2, 0.25) is 0 Å². The summed E-state index contributed by atoms with van der Waals surface area (Å²) in [7, 11) is 3.55. The largest absolute Gasteiger partial charge is 0.497 e. The van der Waals surface area contributed by atoms with E-state index in [-0.39, 0.29) is 5.78 Å². The molecule has 0 aliphatic heterocycles. The van der Waals surface area contributed by atoms with Crippen molar-refractivity contribution >= 4 is 16.7 Å². The minimum atomic E-state index is 0.0349. The number of rotatable bonds is 3. The Balaban J connectivity index is 2.09. The normalized spacial score (nSPS) is 10.8. The molecule has 21 heavy (non-hydrogen) atoms. The molecule has 1 heterocycles. The second kappa shape index (κ2) is 5.09. The van der Waals surface area contributed by atoms with Crippen molar-refractivity contribution in [1.82, 2.24) is 4.57 Å². The first-order chi connectivity index (χ1) is 10.1. The highest BCUT2D eigenvalue weighted by atomic mass is 16.5. The van der Waals surface area contributed by atoms with E-state index in [2.05, 4.69) is 0 Å². The van der Waals surface area contributed by atoms with Crippen molar-refractivity contribution < 1.29 is 9.53 Å². The number of carbonyl (C=O) groups excluding carboxylic acids is 1. The van der Waals surface area contributed by atoms with E-state index in [1.807, 2.05) is 67.1 Å². The Morgan fingerprint density at radius 2 is 1.76 bits per heavy atom. The molecule has 1 aromatic heterocycles. The van der Waals surface area contributed by atoms with Crippen molar-refractivity contribution in [1.29, 1.82) is 0 Å². The van der Waals surface area contributed by atoms with Crippen LogP contribution < -0.4 is 4.74 Å². The van der Waals surface area contributed by atoms with Gasteiger partial charge in [-0.2, -0.15) is 0 Å². The molecule has 0 spiro atoms. The van der Waals surface area contributed by atoms with Crippen molar-refractivity contribution in [2.24, 2.45) is 7.05 Å². The summed E-state index contributed by atoms with van der Waals surface area (Å²) >= 11 is 0. The first-order valence-electron chi connectivity index (χ1n) is 6.85. The molecule has 0 bridgehead atoms. The van der Waals surface area contributed by atoms with Gasteiger partial charge < -0.3 is 9.30 Å². The molecule has 3 rings (SSSR count). The maximum atomic E-state index is 12.7. The van der Waals surface area contributed by atoms with Crippen LogP contribution in [0.25, 0.3) is 10.9 Å². The van der Waals surface area contributed by atoms with Crippen LogP contribution in [0.4, 0.5) is 0 Å². The Morgan fingerprint density at radius 1 is 1.05 bits per heavy atom. The van der Waals surface area contributed by atoms with Crippen LogP contribution in [-0.2, 0) is 7.05 Å². The van der Waals surface area contributed by atoms with Crippen LogP contribution in [0.15, 0.2) is 48.5 Å². The van der Waals surface area contributed by atoms with Gasteiger partial charge in [0.1, 0.15) is 5.75 Å². The molecule has 106 valence electrons. The third kappa shape index (κ3) is 2.31. The second-order valence-corrected chi connectivity index (χ2v) is 5.21. The highest BCUT2D eigenvalue weighted by molar-refractivity contribution is 6.10. The zero-order chi connectivity index (χ0) is 15.0. The monoisotopic (exact) mass is 279 g/mol. The molecule has 0 N–H and O–H groups in total. The van der Waals surface area contributed by atoms with E-state index < -0.39 is 0 Å². The summed E-state index contributed by atoms with van der Waals surface area (Å²) in [6.45, 7) is 2.01. The lowest BCUT2D eigenvalue weighted by Gasteiger charge is -2.04. The molecular weight excluding hydrogens is 262 g/mol. The molecule has 0 fully saturated rings. The van der Waals surface area contributed by atoms with Gasteiger partial charge in [0.25, 0.3) is 0 Å². The van der Waals surface area contributed by atoms with Gasteiger partial charge in [-0.15, -0.1) is 0 Å². The van der Waals surface area contributed by atoms with Crippen molar-refractivity contribution in [3.8, 4) is 5.75 Å². The van der Waals surface area contributed by atoms with Crippen LogP contribution in [0, 0.1) is 6.92 Å². The van der Waals surface area contributed by atoms with E-state index in [1.54, 1.807) is 7.11 Å². The summed E-state index contributed by atoms with van der Waals surface area (Å²) in [4.78, 5) is 12.7. The van der Waals surface area contributed by atoms with E-state index in [4.69, 9.17) is 4.74 Å². The predicted molar refractivity (Wildman–Crippen MR) is 84.1 cm³/mol. The zero-order valence-electron chi connectivity index (χ0n) is 12.4. The minimum Gasteiger partial charge on any atom is -0.497 e. The fourth-order valence-electron chi connectivity index (χ4n) is 2.53. The Labute approximate surface area is 123 Å². The summed E-state index contributed by atoms with van der Waals surface area (Å²) in [5, 5.41) is 1.01. The second-order valence-electron chi connectivity index (χ2n) is 5.21. The number of hydrogen-bond donors (Lipinski definition) is 0. The van der Waals surface area contributed by atoms with E-state index in [0.29, 0.717) is 11.3 Å². The molecule has 3 heteroatoms.